The van der Waals surface area contributed by atoms with Crippen LogP contribution in [-0.2, 0) is 9.05 Å². The van der Waals surface area contributed by atoms with Crippen molar-refractivity contribution in [3.63, 3.8) is 0 Å². The van der Waals surface area contributed by atoms with E-state index in [4.69, 9.17) is 10.7 Å². The van der Waals surface area contributed by atoms with E-state index < -0.39 is 9.05 Å². The number of aryl methyl sites for hydroxylation is 1. The van der Waals surface area contributed by atoms with E-state index in [1.807, 2.05) is 26.8 Å². The summed E-state index contributed by atoms with van der Waals surface area (Å²) in [7, 11) is 1.64. The van der Waals surface area contributed by atoms with E-state index >= 15 is 0 Å². The van der Waals surface area contributed by atoms with Crippen LogP contribution in [0, 0.1) is 6.92 Å². The van der Waals surface area contributed by atoms with Gasteiger partial charge >= 0.3 is 0 Å². The Labute approximate surface area is 105 Å². The highest BCUT2D eigenvalue weighted by atomic mass is 35.7. The molecule has 2 rings (SSSR count). The monoisotopic (exact) mass is 272 g/mol. The van der Waals surface area contributed by atoms with E-state index in [-0.39, 0.29) is 10.9 Å². The van der Waals surface area contributed by atoms with Crippen LogP contribution in [0.3, 0.4) is 0 Å². The second-order valence-electron chi connectivity index (χ2n) is 4.21. The van der Waals surface area contributed by atoms with Gasteiger partial charge in [0.2, 0.25) is 0 Å². The first-order valence-electron chi connectivity index (χ1n) is 5.25. The van der Waals surface area contributed by atoms with E-state index in [9.17, 15) is 8.42 Å². The predicted octanol–water partition coefficient (Wildman–Crippen LogP) is 2.85. The average Bonchev–Trinajstić information content (AvgIpc) is 2.55. The number of rotatable bonds is 2. The topological polar surface area (TPSA) is 52.0 Å². The Hall–Kier alpha value is -1.07. The summed E-state index contributed by atoms with van der Waals surface area (Å²) in [6.45, 7) is 5.90. The van der Waals surface area contributed by atoms with Crippen molar-refractivity contribution in [3.8, 4) is 0 Å². The number of aromatic nitrogens is 2. The van der Waals surface area contributed by atoms with Gasteiger partial charge in [-0.2, -0.15) is 5.10 Å². The molecule has 0 atom stereocenters. The van der Waals surface area contributed by atoms with Crippen molar-refractivity contribution >= 4 is 30.6 Å². The van der Waals surface area contributed by atoms with Gasteiger partial charge in [-0.1, -0.05) is 12.1 Å². The molecule has 0 aliphatic heterocycles. The fourth-order valence-corrected chi connectivity index (χ4v) is 2.92. The van der Waals surface area contributed by atoms with E-state index in [0.717, 1.165) is 11.1 Å². The van der Waals surface area contributed by atoms with Crippen LogP contribution in [0.5, 0.6) is 0 Å². The van der Waals surface area contributed by atoms with E-state index in [1.54, 1.807) is 10.7 Å². The Bertz CT molecular complexity index is 674. The molecule has 0 radical (unpaired) electrons. The number of hydrogen-bond donors (Lipinski definition) is 0. The molecular formula is C11H13ClN2O2S. The van der Waals surface area contributed by atoms with Crippen LogP contribution in [-0.4, -0.2) is 18.2 Å². The van der Waals surface area contributed by atoms with Gasteiger partial charge in [0.15, 0.2) is 0 Å². The first kappa shape index (κ1) is 12.4. The second-order valence-corrected chi connectivity index (χ2v) is 6.75. The quantitative estimate of drug-likeness (QED) is 0.790. The Kier molecular flexibility index (Phi) is 2.91. The van der Waals surface area contributed by atoms with Crippen molar-refractivity contribution < 1.29 is 8.42 Å². The summed E-state index contributed by atoms with van der Waals surface area (Å²) < 4.78 is 24.7. The van der Waals surface area contributed by atoms with Gasteiger partial charge in [-0.3, -0.25) is 4.68 Å². The zero-order valence-corrected chi connectivity index (χ0v) is 11.4. The van der Waals surface area contributed by atoms with Gasteiger partial charge in [0.1, 0.15) is 10.4 Å². The fourth-order valence-electron chi connectivity index (χ4n) is 1.92. The molecule has 1 aromatic carbocycles. The predicted molar refractivity (Wildman–Crippen MR) is 67.9 cm³/mol. The van der Waals surface area contributed by atoms with Crippen LogP contribution in [0.4, 0.5) is 0 Å². The Balaban J connectivity index is 2.88. The fraction of sp³-hybridized carbons (Fsp3) is 0.364. The Morgan fingerprint density at radius 1 is 1.35 bits per heavy atom. The molecule has 17 heavy (non-hydrogen) atoms. The summed E-state index contributed by atoms with van der Waals surface area (Å²) >= 11 is 0. The van der Waals surface area contributed by atoms with Crippen molar-refractivity contribution in [2.24, 2.45) is 0 Å². The maximum Gasteiger partial charge on any atom is 0.263 e. The third kappa shape index (κ3) is 2.05. The van der Waals surface area contributed by atoms with Gasteiger partial charge in [-0.15, -0.1) is 0 Å². The molecule has 6 heteroatoms. The van der Waals surface area contributed by atoms with Crippen molar-refractivity contribution in [1.82, 2.24) is 9.78 Å². The van der Waals surface area contributed by atoms with Crippen LogP contribution < -0.4 is 0 Å². The van der Waals surface area contributed by atoms with Gasteiger partial charge in [-0.05, 0) is 26.8 Å². The minimum Gasteiger partial charge on any atom is -0.266 e. The maximum absolute atomic E-state index is 11.5. The summed E-state index contributed by atoms with van der Waals surface area (Å²) in [5.74, 6) is 0. The van der Waals surface area contributed by atoms with Crippen molar-refractivity contribution in [2.45, 2.75) is 31.7 Å². The molecule has 4 nitrogen and oxygen atoms in total. The lowest BCUT2D eigenvalue weighted by molar-refractivity contribution is 0.523. The molecule has 0 amide bonds. The highest BCUT2D eigenvalue weighted by molar-refractivity contribution is 8.14. The van der Waals surface area contributed by atoms with E-state index in [0.29, 0.717) is 5.52 Å². The highest BCUT2D eigenvalue weighted by Gasteiger charge is 2.19. The maximum atomic E-state index is 11.5. The molecule has 92 valence electrons. The molecule has 0 saturated carbocycles. The third-order valence-corrected chi connectivity index (χ3v) is 4.05. The molecule has 0 unspecified atom stereocenters. The number of nitrogens with zero attached hydrogens (tertiary/aromatic N) is 2. The zero-order valence-electron chi connectivity index (χ0n) is 9.81. The van der Waals surface area contributed by atoms with Gasteiger partial charge in [0, 0.05) is 27.8 Å². The van der Waals surface area contributed by atoms with Gasteiger partial charge < -0.3 is 0 Å². The normalized spacial score (nSPS) is 12.5. The number of hydrogen-bond acceptors (Lipinski definition) is 3. The lowest BCUT2D eigenvalue weighted by Crippen LogP contribution is -2.04. The van der Waals surface area contributed by atoms with E-state index in [2.05, 4.69) is 5.10 Å². The van der Waals surface area contributed by atoms with Gasteiger partial charge in [0.25, 0.3) is 9.05 Å². The minimum absolute atomic E-state index is 0.0687. The molecule has 0 bridgehead atoms. The summed E-state index contributed by atoms with van der Waals surface area (Å²) in [6, 6.07) is 5.18. The van der Waals surface area contributed by atoms with Crippen LogP contribution >= 0.6 is 10.7 Å². The van der Waals surface area contributed by atoms with Crippen LogP contribution in [0.15, 0.2) is 23.1 Å². The number of fused-ring (bicyclic) bond motifs is 1. The summed E-state index contributed by atoms with van der Waals surface area (Å²) in [4.78, 5) is 0.0687. The Morgan fingerprint density at radius 3 is 2.53 bits per heavy atom. The minimum atomic E-state index is -3.76. The molecule has 0 spiro atoms. The SMILES string of the molecule is Cc1c2cccc(S(=O)(=O)Cl)c2nn1C(C)C. The molecule has 0 fully saturated rings. The first-order valence-corrected chi connectivity index (χ1v) is 7.56. The summed E-state index contributed by atoms with van der Waals surface area (Å²) in [6.07, 6.45) is 0. The van der Waals surface area contributed by atoms with Crippen LogP contribution in [0.2, 0.25) is 0 Å². The largest absolute Gasteiger partial charge is 0.266 e. The standard InChI is InChI=1S/C11H13ClN2O2S/c1-7(2)14-8(3)9-5-4-6-10(11(9)13-14)17(12,15)16/h4-7H,1-3H3. The number of halogens is 1. The zero-order chi connectivity index (χ0) is 12.8. The first-order chi connectivity index (χ1) is 7.82. The highest BCUT2D eigenvalue weighted by Crippen LogP contribution is 2.28. The lowest BCUT2D eigenvalue weighted by Gasteiger charge is -2.06. The second kappa shape index (κ2) is 3.99. The summed E-state index contributed by atoms with van der Waals surface area (Å²) in [5.41, 5.74) is 1.38. The molecule has 0 saturated heterocycles. The van der Waals surface area contributed by atoms with E-state index in [1.165, 1.54) is 6.07 Å². The number of benzene rings is 1. The van der Waals surface area contributed by atoms with Crippen molar-refractivity contribution in [1.29, 1.82) is 0 Å². The van der Waals surface area contributed by atoms with Crippen molar-refractivity contribution in [3.05, 3.63) is 23.9 Å². The lowest BCUT2D eigenvalue weighted by atomic mass is 10.2. The molecule has 0 aliphatic rings. The van der Waals surface area contributed by atoms with Crippen LogP contribution in [0.1, 0.15) is 25.6 Å². The van der Waals surface area contributed by atoms with Gasteiger partial charge in [-0.25, -0.2) is 8.42 Å². The molecule has 0 aliphatic carbocycles. The molecule has 1 heterocycles. The molecule has 0 N–H and O–H groups in total. The average molecular weight is 273 g/mol. The van der Waals surface area contributed by atoms with Crippen molar-refractivity contribution in [2.75, 3.05) is 0 Å². The Morgan fingerprint density at radius 2 is 2.00 bits per heavy atom. The third-order valence-electron chi connectivity index (χ3n) is 2.69. The van der Waals surface area contributed by atoms with Gasteiger partial charge in [0.05, 0.1) is 0 Å². The molecular weight excluding hydrogens is 260 g/mol. The summed E-state index contributed by atoms with van der Waals surface area (Å²) in [5, 5.41) is 5.15. The van der Waals surface area contributed by atoms with Crippen LogP contribution in [0.25, 0.3) is 10.9 Å². The molecule has 2 aromatic rings. The smallest absolute Gasteiger partial charge is 0.263 e. The molecule has 1 aromatic heterocycles.